The number of nitrogens with one attached hydrogen (secondary N) is 1. The van der Waals surface area contributed by atoms with Crippen LogP contribution in [0.1, 0.15) is 34.6 Å². The fourth-order valence-electron chi connectivity index (χ4n) is 3.97. The maximum atomic E-state index is 13.0. The van der Waals surface area contributed by atoms with E-state index in [-0.39, 0.29) is 5.91 Å². The number of thiazole rings is 1. The molecule has 1 aliphatic rings. The second kappa shape index (κ2) is 8.52. The van der Waals surface area contributed by atoms with E-state index in [0.717, 1.165) is 53.6 Å². The minimum atomic E-state index is 0.0363. The fourth-order valence-corrected chi connectivity index (χ4v) is 4.70. The first kappa shape index (κ1) is 19.8. The maximum absolute atomic E-state index is 13.0. The van der Waals surface area contributed by atoms with Crippen molar-refractivity contribution in [3.63, 3.8) is 0 Å². The Morgan fingerprint density at radius 2 is 2.06 bits per heavy atom. The number of aromatic nitrogens is 4. The molecule has 1 fully saturated rings. The number of benzene rings is 1. The van der Waals surface area contributed by atoms with E-state index < -0.39 is 0 Å². The highest BCUT2D eigenvalue weighted by Crippen LogP contribution is 2.23. The zero-order chi connectivity index (χ0) is 21.2. The van der Waals surface area contributed by atoms with Crippen molar-refractivity contribution in [1.29, 1.82) is 0 Å². The summed E-state index contributed by atoms with van der Waals surface area (Å²) in [6.07, 6.45) is 7.93. The van der Waals surface area contributed by atoms with Crippen LogP contribution < -0.4 is 10.1 Å². The smallest absolute Gasteiger partial charge is 0.274 e. The first-order valence-corrected chi connectivity index (χ1v) is 11.2. The van der Waals surface area contributed by atoms with Gasteiger partial charge in [-0.2, -0.15) is 5.10 Å². The van der Waals surface area contributed by atoms with Crippen LogP contribution in [-0.4, -0.2) is 50.2 Å². The molecule has 4 aromatic rings. The van der Waals surface area contributed by atoms with Crippen molar-refractivity contribution in [3.8, 4) is 11.4 Å². The van der Waals surface area contributed by atoms with Gasteiger partial charge in [0, 0.05) is 49.5 Å². The van der Waals surface area contributed by atoms with E-state index in [9.17, 15) is 4.79 Å². The van der Waals surface area contributed by atoms with Crippen LogP contribution in [0, 0.1) is 0 Å². The van der Waals surface area contributed by atoms with E-state index in [0.29, 0.717) is 18.8 Å². The monoisotopic (exact) mass is 436 g/mol. The fraction of sp³-hybridized carbons (Fsp3) is 0.318. The molecule has 1 amide bonds. The summed E-state index contributed by atoms with van der Waals surface area (Å²) in [5.41, 5.74) is 3.41. The zero-order valence-corrected chi connectivity index (χ0v) is 18.1. The van der Waals surface area contributed by atoms with Crippen molar-refractivity contribution < 1.29 is 9.53 Å². The topological polar surface area (TPSA) is 76.7 Å². The Balaban J connectivity index is 1.31. The van der Waals surface area contributed by atoms with Gasteiger partial charge in [0.25, 0.3) is 5.91 Å². The first-order chi connectivity index (χ1) is 15.2. The number of ether oxygens (including phenoxy) is 1. The number of para-hydroxylation sites is 2. The van der Waals surface area contributed by atoms with Gasteiger partial charge in [0.05, 0.1) is 19.0 Å². The largest absolute Gasteiger partial charge is 0.494 e. The Hall–Kier alpha value is -3.17. The number of methoxy groups -OCH3 is 1. The third-order valence-corrected chi connectivity index (χ3v) is 6.30. The van der Waals surface area contributed by atoms with E-state index in [4.69, 9.17) is 4.74 Å². The van der Waals surface area contributed by atoms with Gasteiger partial charge in [0.15, 0.2) is 10.7 Å². The van der Waals surface area contributed by atoms with E-state index in [1.54, 1.807) is 18.4 Å². The summed E-state index contributed by atoms with van der Waals surface area (Å²) in [6.45, 7) is 2.81. The number of hydrogen-bond donors (Lipinski definition) is 1. The summed E-state index contributed by atoms with van der Waals surface area (Å²) in [7, 11) is 1.66. The van der Waals surface area contributed by atoms with Crippen LogP contribution in [0.15, 0.2) is 48.2 Å². The number of hydrogen-bond acceptors (Lipinski definition) is 6. The Kier molecular flexibility index (Phi) is 5.44. The average Bonchev–Trinajstić information content (AvgIpc) is 3.59. The lowest BCUT2D eigenvalue weighted by atomic mass is 10.2. The highest BCUT2D eigenvalue weighted by Gasteiger charge is 2.26. The summed E-state index contributed by atoms with van der Waals surface area (Å²) < 4.78 is 9.26. The summed E-state index contributed by atoms with van der Waals surface area (Å²) in [5, 5.41) is 9.92. The summed E-state index contributed by atoms with van der Waals surface area (Å²) in [4.78, 5) is 20.4. The van der Waals surface area contributed by atoms with Crippen LogP contribution in [0.25, 0.3) is 10.6 Å². The molecule has 31 heavy (non-hydrogen) atoms. The van der Waals surface area contributed by atoms with E-state index in [1.807, 2.05) is 62.2 Å². The summed E-state index contributed by atoms with van der Waals surface area (Å²) >= 11 is 1.54. The number of amides is 1. The van der Waals surface area contributed by atoms with Crippen molar-refractivity contribution in [2.75, 3.05) is 20.2 Å². The number of imidazole rings is 1. The van der Waals surface area contributed by atoms with Crippen LogP contribution in [0.2, 0.25) is 0 Å². The minimum absolute atomic E-state index is 0.0363. The number of likely N-dealkylation sites (tertiary alicyclic amines) is 1. The lowest BCUT2D eigenvalue weighted by Gasteiger charge is -2.14. The molecule has 0 aliphatic carbocycles. The number of carbonyl (C=O) groups excluding carboxylic acids is 1. The molecular weight excluding hydrogens is 412 g/mol. The van der Waals surface area contributed by atoms with Crippen molar-refractivity contribution in [3.05, 3.63) is 65.2 Å². The number of carbonyl (C=O) groups is 1. The molecule has 0 atom stereocenters. The molecule has 1 aliphatic heterocycles. The normalized spacial score (nSPS) is 13.9. The van der Waals surface area contributed by atoms with E-state index >= 15 is 0 Å². The molecule has 1 N–H and O–H groups in total. The van der Waals surface area contributed by atoms with E-state index in [1.165, 1.54) is 0 Å². The number of fused-ring (bicyclic) bond motifs is 1. The molecule has 0 bridgehead atoms. The average molecular weight is 437 g/mol. The Morgan fingerprint density at radius 1 is 1.23 bits per heavy atom. The van der Waals surface area contributed by atoms with Crippen LogP contribution in [0.5, 0.6) is 5.75 Å². The number of rotatable bonds is 7. The predicted molar refractivity (Wildman–Crippen MR) is 119 cm³/mol. The molecule has 0 unspecified atom stereocenters. The Morgan fingerprint density at radius 3 is 2.90 bits per heavy atom. The van der Waals surface area contributed by atoms with Crippen molar-refractivity contribution in [2.24, 2.45) is 0 Å². The molecule has 0 saturated carbocycles. The van der Waals surface area contributed by atoms with Gasteiger partial charge >= 0.3 is 0 Å². The van der Waals surface area contributed by atoms with Crippen molar-refractivity contribution in [2.45, 2.75) is 25.9 Å². The zero-order valence-electron chi connectivity index (χ0n) is 17.3. The van der Waals surface area contributed by atoms with Gasteiger partial charge in [-0.3, -0.25) is 9.20 Å². The molecule has 0 radical (unpaired) electrons. The van der Waals surface area contributed by atoms with Crippen LogP contribution in [-0.2, 0) is 13.1 Å². The van der Waals surface area contributed by atoms with E-state index in [2.05, 4.69) is 15.4 Å². The highest BCUT2D eigenvalue weighted by atomic mass is 32.1. The van der Waals surface area contributed by atoms with Gasteiger partial charge in [-0.05, 0) is 25.0 Å². The maximum Gasteiger partial charge on any atom is 0.274 e. The SMILES string of the molecule is COc1ccccc1-n1cc(CNCc2c(C(=O)N3CCCC3)nc3sccn23)cn1. The summed E-state index contributed by atoms with van der Waals surface area (Å²) in [6, 6.07) is 7.78. The van der Waals surface area contributed by atoms with Crippen molar-refractivity contribution >= 4 is 22.2 Å². The van der Waals surface area contributed by atoms with Gasteiger partial charge < -0.3 is 15.0 Å². The van der Waals surface area contributed by atoms with Gasteiger partial charge in [-0.1, -0.05) is 12.1 Å². The number of nitrogens with zero attached hydrogens (tertiary/aromatic N) is 5. The highest BCUT2D eigenvalue weighted by molar-refractivity contribution is 7.15. The lowest BCUT2D eigenvalue weighted by Crippen LogP contribution is -2.29. The quantitative estimate of drug-likeness (QED) is 0.482. The van der Waals surface area contributed by atoms with Gasteiger partial charge in [-0.25, -0.2) is 9.67 Å². The predicted octanol–water partition coefficient (Wildman–Crippen LogP) is 3.12. The Labute approximate surface area is 184 Å². The second-order valence-corrected chi connectivity index (χ2v) is 8.40. The minimum Gasteiger partial charge on any atom is -0.494 e. The summed E-state index contributed by atoms with van der Waals surface area (Å²) in [5.74, 6) is 0.809. The van der Waals surface area contributed by atoms with Crippen LogP contribution >= 0.6 is 11.3 Å². The molecule has 1 saturated heterocycles. The van der Waals surface area contributed by atoms with Crippen LogP contribution in [0.4, 0.5) is 0 Å². The van der Waals surface area contributed by atoms with Gasteiger partial charge in [0.2, 0.25) is 0 Å². The molecular formula is C22H24N6O2S. The molecule has 9 heteroatoms. The molecule has 8 nitrogen and oxygen atoms in total. The first-order valence-electron chi connectivity index (χ1n) is 10.4. The van der Waals surface area contributed by atoms with Gasteiger partial charge in [0.1, 0.15) is 11.4 Å². The third kappa shape index (κ3) is 3.82. The molecule has 5 rings (SSSR count). The Bertz CT molecular complexity index is 1200. The standard InChI is InChI=1S/C22H24N6O2S/c1-30-19-7-3-2-6-17(19)28-15-16(13-24-28)12-23-14-18-20(21(29)26-8-4-5-9-26)25-22-27(18)10-11-31-22/h2-3,6-7,10-11,13,15,23H,4-5,8-9,12,14H2,1H3. The third-order valence-electron chi connectivity index (χ3n) is 5.55. The molecule has 1 aromatic carbocycles. The molecule has 0 spiro atoms. The van der Waals surface area contributed by atoms with Crippen molar-refractivity contribution in [1.82, 2.24) is 29.4 Å². The van der Waals surface area contributed by atoms with Crippen LogP contribution in [0.3, 0.4) is 0 Å². The van der Waals surface area contributed by atoms with Gasteiger partial charge in [-0.15, -0.1) is 11.3 Å². The second-order valence-electron chi connectivity index (χ2n) is 7.53. The molecule has 3 aromatic heterocycles. The lowest BCUT2D eigenvalue weighted by molar-refractivity contribution is 0.0786. The molecule has 4 heterocycles. The molecule has 160 valence electrons.